The van der Waals surface area contributed by atoms with E-state index in [1.807, 2.05) is 0 Å². The van der Waals surface area contributed by atoms with Crippen LogP contribution in [-0.2, 0) is 10.1 Å². The molecule has 8 nitrogen and oxygen atoms in total. The third-order valence-corrected chi connectivity index (χ3v) is 6.76. The predicted octanol–water partition coefficient (Wildman–Crippen LogP) is 4.64. The Hall–Kier alpha value is -4.63. The first-order chi connectivity index (χ1) is 17.7. The molecule has 0 spiro atoms. The highest BCUT2D eigenvalue weighted by Crippen LogP contribution is 2.36. The summed E-state index contributed by atoms with van der Waals surface area (Å²) in [4.78, 5) is 25.6. The van der Waals surface area contributed by atoms with Gasteiger partial charge in [0.2, 0.25) is 0 Å². The molecule has 0 bridgehead atoms. The number of hydrogen-bond acceptors (Lipinski definition) is 8. The number of benzene rings is 4. The summed E-state index contributed by atoms with van der Waals surface area (Å²) in [6.07, 6.45) is 0. The van der Waals surface area contributed by atoms with Gasteiger partial charge in [-0.05, 0) is 18.2 Å². The molecule has 0 radical (unpaired) electrons. The van der Waals surface area contributed by atoms with Crippen LogP contribution in [0.1, 0.15) is 31.8 Å². The summed E-state index contributed by atoms with van der Waals surface area (Å²) in [6, 6.07) is 22.6. The SMILES string of the molecule is COc1ccc(C(=O)c2ccccc2)c(OS(=O)(=O)c2cc(C(=O)c3ccccc3)c(O)cc2OC)c1. The average Bonchev–Trinajstić information content (AvgIpc) is 2.92. The zero-order chi connectivity index (χ0) is 26.6. The van der Waals surface area contributed by atoms with Gasteiger partial charge < -0.3 is 18.8 Å². The predicted molar refractivity (Wildman–Crippen MR) is 135 cm³/mol. The van der Waals surface area contributed by atoms with Gasteiger partial charge in [-0.2, -0.15) is 8.42 Å². The molecule has 0 amide bonds. The second kappa shape index (κ2) is 10.5. The van der Waals surface area contributed by atoms with Gasteiger partial charge in [0.1, 0.15) is 22.1 Å². The second-order valence-corrected chi connectivity index (χ2v) is 9.32. The molecule has 0 atom stereocenters. The Labute approximate surface area is 213 Å². The minimum Gasteiger partial charge on any atom is -0.507 e. The van der Waals surface area contributed by atoms with Crippen LogP contribution in [0.5, 0.6) is 23.0 Å². The Bertz CT molecular complexity index is 1560. The fourth-order valence-electron chi connectivity index (χ4n) is 3.63. The molecule has 9 heteroatoms. The maximum atomic E-state index is 13.5. The molecular formula is C28H22O8S. The number of phenols is 1. The molecule has 0 saturated heterocycles. The largest absolute Gasteiger partial charge is 0.507 e. The average molecular weight is 519 g/mol. The summed E-state index contributed by atoms with van der Waals surface area (Å²) in [5.41, 5.74) is 0.290. The van der Waals surface area contributed by atoms with Crippen molar-refractivity contribution in [2.45, 2.75) is 4.90 Å². The molecule has 4 rings (SSSR count). The van der Waals surface area contributed by atoms with Crippen LogP contribution in [-0.4, -0.2) is 39.3 Å². The number of rotatable bonds is 9. The van der Waals surface area contributed by atoms with Crippen LogP contribution in [0, 0.1) is 0 Å². The molecule has 0 fully saturated rings. The molecule has 0 heterocycles. The van der Waals surface area contributed by atoms with Crippen molar-refractivity contribution in [3.05, 3.63) is 113 Å². The summed E-state index contributed by atoms with van der Waals surface area (Å²) < 4.78 is 42.7. The highest BCUT2D eigenvalue weighted by molar-refractivity contribution is 7.87. The lowest BCUT2D eigenvalue weighted by Gasteiger charge is -2.15. The van der Waals surface area contributed by atoms with Gasteiger partial charge >= 0.3 is 10.1 Å². The Morgan fingerprint density at radius 1 is 0.676 bits per heavy atom. The van der Waals surface area contributed by atoms with Crippen LogP contribution in [0.25, 0.3) is 0 Å². The van der Waals surface area contributed by atoms with Crippen LogP contribution in [0.2, 0.25) is 0 Å². The van der Waals surface area contributed by atoms with Crippen LogP contribution < -0.4 is 13.7 Å². The van der Waals surface area contributed by atoms with Crippen molar-refractivity contribution in [2.24, 2.45) is 0 Å². The van der Waals surface area contributed by atoms with Gasteiger partial charge in [0.05, 0.1) is 25.3 Å². The molecule has 188 valence electrons. The molecule has 1 N–H and O–H groups in total. The van der Waals surface area contributed by atoms with Crippen molar-refractivity contribution in [1.82, 2.24) is 0 Å². The lowest BCUT2D eigenvalue weighted by molar-refractivity contribution is 0.102. The minimum atomic E-state index is -4.67. The van der Waals surface area contributed by atoms with Crippen molar-refractivity contribution in [3.63, 3.8) is 0 Å². The summed E-state index contributed by atoms with van der Waals surface area (Å²) >= 11 is 0. The molecule has 0 saturated carbocycles. The zero-order valence-electron chi connectivity index (χ0n) is 19.9. The Kier molecular flexibility index (Phi) is 7.26. The third-order valence-electron chi connectivity index (χ3n) is 5.50. The first-order valence-corrected chi connectivity index (χ1v) is 12.4. The summed E-state index contributed by atoms with van der Waals surface area (Å²) in [5, 5.41) is 10.4. The minimum absolute atomic E-state index is 0.0195. The number of ketones is 2. The van der Waals surface area contributed by atoms with Crippen molar-refractivity contribution in [1.29, 1.82) is 0 Å². The van der Waals surface area contributed by atoms with E-state index in [2.05, 4.69) is 0 Å². The van der Waals surface area contributed by atoms with Crippen LogP contribution >= 0.6 is 0 Å². The Morgan fingerprint density at radius 3 is 1.78 bits per heavy atom. The van der Waals surface area contributed by atoms with Gasteiger partial charge in [-0.25, -0.2) is 0 Å². The maximum absolute atomic E-state index is 13.5. The fourth-order valence-corrected chi connectivity index (χ4v) is 4.74. The van der Waals surface area contributed by atoms with Gasteiger partial charge in [-0.1, -0.05) is 60.7 Å². The molecule has 4 aromatic carbocycles. The Morgan fingerprint density at radius 2 is 1.24 bits per heavy atom. The van der Waals surface area contributed by atoms with Crippen molar-refractivity contribution < 1.29 is 36.8 Å². The Balaban J connectivity index is 1.80. The number of carbonyl (C=O) groups excluding carboxylic acids is 2. The smallest absolute Gasteiger partial charge is 0.342 e. The van der Waals surface area contributed by atoms with Crippen molar-refractivity contribution >= 4 is 21.7 Å². The molecule has 0 aliphatic carbocycles. The number of carbonyl (C=O) groups is 2. The number of methoxy groups -OCH3 is 2. The van der Waals surface area contributed by atoms with E-state index in [1.165, 1.54) is 44.6 Å². The van der Waals surface area contributed by atoms with Gasteiger partial charge in [0, 0.05) is 23.3 Å². The monoisotopic (exact) mass is 518 g/mol. The second-order valence-electron chi connectivity index (χ2n) is 7.81. The van der Waals surface area contributed by atoms with E-state index in [-0.39, 0.29) is 33.9 Å². The number of hydrogen-bond donors (Lipinski definition) is 1. The van der Waals surface area contributed by atoms with Gasteiger partial charge in [0.25, 0.3) is 0 Å². The standard InChI is InChI=1S/C28H22O8S/c1-34-20-13-14-21(27(30)18-9-5-3-6-10-18)24(15-20)36-37(32,33)26-16-22(23(29)17-25(26)35-2)28(31)19-11-7-4-8-12-19/h3-17,29H,1-2H3. The molecule has 0 aliphatic heterocycles. The highest BCUT2D eigenvalue weighted by atomic mass is 32.2. The van der Waals surface area contributed by atoms with E-state index in [4.69, 9.17) is 13.7 Å². The van der Waals surface area contributed by atoms with Crippen molar-refractivity contribution in [3.8, 4) is 23.0 Å². The molecule has 0 aromatic heterocycles. The van der Waals surface area contributed by atoms with Crippen LogP contribution in [0.4, 0.5) is 0 Å². The number of aromatic hydroxyl groups is 1. The third kappa shape index (κ3) is 5.31. The van der Waals surface area contributed by atoms with E-state index >= 15 is 0 Å². The lowest BCUT2D eigenvalue weighted by atomic mass is 10.0. The lowest BCUT2D eigenvalue weighted by Crippen LogP contribution is -2.15. The first kappa shape index (κ1) is 25.5. The summed E-state index contributed by atoms with van der Waals surface area (Å²) in [7, 11) is -2.07. The topological polar surface area (TPSA) is 116 Å². The van der Waals surface area contributed by atoms with Crippen LogP contribution in [0.15, 0.2) is 95.9 Å². The van der Waals surface area contributed by atoms with E-state index in [9.17, 15) is 23.1 Å². The number of ether oxygens (including phenoxy) is 2. The molecule has 4 aromatic rings. The fraction of sp³-hybridized carbons (Fsp3) is 0.0714. The van der Waals surface area contributed by atoms with Crippen LogP contribution in [0.3, 0.4) is 0 Å². The highest BCUT2D eigenvalue weighted by Gasteiger charge is 2.29. The molecule has 0 aliphatic rings. The van der Waals surface area contributed by atoms with E-state index in [0.717, 1.165) is 12.1 Å². The van der Waals surface area contributed by atoms with Gasteiger partial charge in [-0.3, -0.25) is 9.59 Å². The summed E-state index contributed by atoms with van der Waals surface area (Å²) in [6.45, 7) is 0. The maximum Gasteiger partial charge on any atom is 0.342 e. The zero-order valence-corrected chi connectivity index (χ0v) is 20.7. The molecule has 0 unspecified atom stereocenters. The van der Waals surface area contributed by atoms with Crippen molar-refractivity contribution in [2.75, 3.05) is 14.2 Å². The number of phenolic OH excluding ortho intramolecular Hbond substituents is 1. The van der Waals surface area contributed by atoms with E-state index < -0.39 is 32.3 Å². The van der Waals surface area contributed by atoms with Gasteiger partial charge in [-0.15, -0.1) is 0 Å². The quantitative estimate of drug-likeness (QED) is 0.252. The normalized spacial score (nSPS) is 11.0. The molecular weight excluding hydrogens is 496 g/mol. The van der Waals surface area contributed by atoms with E-state index in [0.29, 0.717) is 5.56 Å². The summed E-state index contributed by atoms with van der Waals surface area (Å²) in [5.74, 6) is -1.80. The van der Waals surface area contributed by atoms with E-state index in [1.54, 1.807) is 48.5 Å². The molecule has 37 heavy (non-hydrogen) atoms. The van der Waals surface area contributed by atoms with Gasteiger partial charge in [0.15, 0.2) is 17.3 Å². The first-order valence-electron chi connectivity index (χ1n) is 11.0.